The number of allylic oxidation sites excluding steroid dienone is 3. The summed E-state index contributed by atoms with van der Waals surface area (Å²) in [6.07, 6.45) is 1.01. The predicted molar refractivity (Wildman–Crippen MR) is 132 cm³/mol. The number of carbonyl (C=O) groups excluding carboxylic acids is 2. The molecule has 5 rings (SSSR count). The summed E-state index contributed by atoms with van der Waals surface area (Å²) < 4.78 is 19.4. The number of dihydropyridines is 1. The van der Waals surface area contributed by atoms with Crippen LogP contribution >= 0.6 is 0 Å². The van der Waals surface area contributed by atoms with Gasteiger partial charge in [-0.25, -0.2) is 9.18 Å². The Kier molecular flexibility index (Phi) is 6.32. The van der Waals surface area contributed by atoms with Crippen molar-refractivity contribution in [2.24, 2.45) is 0 Å². The van der Waals surface area contributed by atoms with Gasteiger partial charge in [0.2, 0.25) is 0 Å². The fraction of sp³-hybridized carbons (Fsp3) is 0.200. The molecule has 3 aromatic rings. The van der Waals surface area contributed by atoms with E-state index in [0.29, 0.717) is 35.2 Å². The van der Waals surface area contributed by atoms with Crippen LogP contribution in [0.2, 0.25) is 0 Å². The lowest BCUT2D eigenvalue weighted by Crippen LogP contribution is -2.36. The summed E-state index contributed by atoms with van der Waals surface area (Å²) in [6, 6.07) is 25.5. The molecule has 2 atom stereocenters. The Bertz CT molecular complexity index is 1310. The van der Waals surface area contributed by atoms with Crippen molar-refractivity contribution in [3.05, 3.63) is 130 Å². The summed E-state index contributed by atoms with van der Waals surface area (Å²) in [5.74, 6) is -1.42. The number of benzene rings is 3. The molecule has 1 N–H and O–H groups in total. The van der Waals surface area contributed by atoms with Gasteiger partial charge in [-0.15, -0.1) is 0 Å². The highest BCUT2D eigenvalue weighted by molar-refractivity contribution is 6.04. The fourth-order valence-electron chi connectivity index (χ4n) is 5.06. The first-order valence-electron chi connectivity index (χ1n) is 11.8. The number of ether oxygens (including phenoxy) is 1. The smallest absolute Gasteiger partial charge is 0.337 e. The summed E-state index contributed by atoms with van der Waals surface area (Å²) in [4.78, 5) is 26.9. The van der Waals surface area contributed by atoms with E-state index in [1.54, 1.807) is 12.1 Å². The minimum absolute atomic E-state index is 0.0113. The zero-order valence-corrected chi connectivity index (χ0v) is 19.5. The summed E-state index contributed by atoms with van der Waals surface area (Å²) >= 11 is 0. The van der Waals surface area contributed by atoms with Crippen molar-refractivity contribution in [2.45, 2.75) is 38.2 Å². The number of Topliss-reactive ketones (excluding diaryl/α,β-unsaturated/α-hetero) is 1. The molecule has 1 aliphatic heterocycles. The van der Waals surface area contributed by atoms with Crippen LogP contribution in [0.5, 0.6) is 0 Å². The quantitative estimate of drug-likeness (QED) is 0.473. The monoisotopic (exact) mass is 467 g/mol. The molecule has 0 aromatic heterocycles. The van der Waals surface area contributed by atoms with Crippen molar-refractivity contribution in [3.63, 3.8) is 0 Å². The molecule has 0 saturated carbocycles. The van der Waals surface area contributed by atoms with Crippen molar-refractivity contribution < 1.29 is 18.7 Å². The van der Waals surface area contributed by atoms with Gasteiger partial charge in [0.05, 0.1) is 5.57 Å². The van der Waals surface area contributed by atoms with Crippen LogP contribution in [0.3, 0.4) is 0 Å². The lowest BCUT2D eigenvalue weighted by Gasteiger charge is -2.36. The predicted octanol–water partition coefficient (Wildman–Crippen LogP) is 5.93. The molecular weight excluding hydrogens is 441 g/mol. The standard InChI is InChI=1S/C30H26FNO3/c1-19-27(30(34)35-18-20-8-4-2-5-9-20)28(22-12-14-24(31)15-13-22)29-25(32-19)16-23(17-26(29)33)21-10-6-3-7-11-21/h2-15,23,28,32H,16-18H2,1H3. The fourth-order valence-corrected chi connectivity index (χ4v) is 5.06. The zero-order chi connectivity index (χ0) is 24.4. The number of halogens is 1. The van der Waals surface area contributed by atoms with Crippen LogP contribution in [0.1, 0.15) is 48.3 Å². The number of nitrogens with one attached hydrogen (secondary N) is 1. The average Bonchev–Trinajstić information content (AvgIpc) is 2.88. The lowest BCUT2D eigenvalue weighted by atomic mass is 9.72. The van der Waals surface area contributed by atoms with Gasteiger partial charge in [-0.3, -0.25) is 4.79 Å². The van der Waals surface area contributed by atoms with Gasteiger partial charge < -0.3 is 10.1 Å². The van der Waals surface area contributed by atoms with E-state index >= 15 is 0 Å². The number of esters is 1. The molecule has 0 bridgehead atoms. The third-order valence-corrected chi connectivity index (χ3v) is 6.73. The molecule has 1 aliphatic carbocycles. The largest absolute Gasteiger partial charge is 0.457 e. The van der Waals surface area contributed by atoms with Gasteiger partial charge in [-0.2, -0.15) is 0 Å². The van der Waals surface area contributed by atoms with E-state index in [2.05, 4.69) is 5.32 Å². The highest BCUT2D eigenvalue weighted by Crippen LogP contribution is 2.45. The maximum Gasteiger partial charge on any atom is 0.337 e. The number of carbonyl (C=O) groups is 2. The molecule has 0 spiro atoms. The van der Waals surface area contributed by atoms with Gasteiger partial charge in [0.25, 0.3) is 0 Å². The summed E-state index contributed by atoms with van der Waals surface area (Å²) in [6.45, 7) is 1.96. The molecule has 0 amide bonds. The molecule has 0 saturated heterocycles. The van der Waals surface area contributed by atoms with Crippen molar-refractivity contribution in [1.29, 1.82) is 0 Å². The highest BCUT2D eigenvalue weighted by atomic mass is 19.1. The number of ketones is 1. The minimum Gasteiger partial charge on any atom is -0.457 e. The molecule has 2 aliphatic rings. The van der Waals surface area contributed by atoms with E-state index in [1.807, 2.05) is 67.6 Å². The topological polar surface area (TPSA) is 55.4 Å². The average molecular weight is 468 g/mol. The second-order valence-electron chi connectivity index (χ2n) is 9.04. The van der Waals surface area contributed by atoms with Gasteiger partial charge >= 0.3 is 5.97 Å². The lowest BCUT2D eigenvalue weighted by molar-refractivity contribution is -0.140. The van der Waals surface area contributed by atoms with Gasteiger partial charge in [0.1, 0.15) is 12.4 Å². The Morgan fingerprint density at radius 1 is 0.914 bits per heavy atom. The maximum atomic E-state index is 13.7. The van der Waals surface area contributed by atoms with E-state index in [0.717, 1.165) is 16.8 Å². The zero-order valence-electron chi connectivity index (χ0n) is 19.5. The van der Waals surface area contributed by atoms with Gasteiger partial charge in [0.15, 0.2) is 5.78 Å². The Morgan fingerprint density at radius 2 is 1.57 bits per heavy atom. The number of rotatable bonds is 5. The van der Waals surface area contributed by atoms with Crippen LogP contribution < -0.4 is 5.32 Å². The molecule has 176 valence electrons. The summed E-state index contributed by atoms with van der Waals surface area (Å²) in [5, 5.41) is 3.35. The van der Waals surface area contributed by atoms with Gasteiger partial charge in [0, 0.05) is 29.3 Å². The van der Waals surface area contributed by atoms with Crippen LogP contribution in [0.15, 0.2) is 107 Å². The summed E-state index contributed by atoms with van der Waals surface area (Å²) in [7, 11) is 0. The first kappa shape index (κ1) is 22.8. The second-order valence-corrected chi connectivity index (χ2v) is 9.04. The maximum absolute atomic E-state index is 13.7. The van der Waals surface area contributed by atoms with Crippen LogP contribution in [-0.4, -0.2) is 11.8 Å². The van der Waals surface area contributed by atoms with E-state index in [9.17, 15) is 14.0 Å². The van der Waals surface area contributed by atoms with Crippen LogP contribution in [0.4, 0.5) is 4.39 Å². The van der Waals surface area contributed by atoms with E-state index < -0.39 is 11.9 Å². The number of hydrogen-bond acceptors (Lipinski definition) is 4. The Labute approximate surface area is 204 Å². The van der Waals surface area contributed by atoms with Crippen molar-refractivity contribution in [2.75, 3.05) is 0 Å². The van der Waals surface area contributed by atoms with Crippen LogP contribution in [0.25, 0.3) is 0 Å². The minimum atomic E-state index is -0.612. The molecule has 35 heavy (non-hydrogen) atoms. The van der Waals surface area contributed by atoms with E-state index in [4.69, 9.17) is 4.74 Å². The molecule has 0 radical (unpaired) electrons. The first-order chi connectivity index (χ1) is 17.0. The van der Waals surface area contributed by atoms with Gasteiger partial charge in [-0.1, -0.05) is 72.8 Å². The normalized spacial score (nSPS) is 19.8. The highest BCUT2D eigenvalue weighted by Gasteiger charge is 2.41. The van der Waals surface area contributed by atoms with Crippen molar-refractivity contribution in [3.8, 4) is 0 Å². The second kappa shape index (κ2) is 9.71. The SMILES string of the molecule is CC1=C(C(=O)OCc2ccccc2)C(c2ccc(F)cc2)C2=C(CC(c3ccccc3)CC2=O)N1. The third kappa shape index (κ3) is 4.67. The third-order valence-electron chi connectivity index (χ3n) is 6.73. The van der Waals surface area contributed by atoms with Crippen LogP contribution in [-0.2, 0) is 20.9 Å². The molecule has 0 fully saturated rings. The molecule has 2 unspecified atom stereocenters. The Balaban J connectivity index is 1.51. The van der Waals surface area contributed by atoms with Crippen molar-refractivity contribution in [1.82, 2.24) is 5.32 Å². The van der Waals surface area contributed by atoms with Gasteiger partial charge in [-0.05, 0) is 48.1 Å². The first-order valence-corrected chi connectivity index (χ1v) is 11.8. The van der Waals surface area contributed by atoms with E-state index in [1.165, 1.54) is 12.1 Å². The Morgan fingerprint density at radius 3 is 2.26 bits per heavy atom. The molecule has 4 nitrogen and oxygen atoms in total. The molecule has 1 heterocycles. The van der Waals surface area contributed by atoms with Crippen molar-refractivity contribution >= 4 is 11.8 Å². The molecule has 3 aromatic carbocycles. The summed E-state index contributed by atoms with van der Waals surface area (Å²) in [5.41, 5.74) is 5.11. The number of hydrogen-bond donors (Lipinski definition) is 1. The Hall–Kier alpha value is -3.99. The molecule has 5 heteroatoms. The van der Waals surface area contributed by atoms with Crippen LogP contribution in [0, 0.1) is 5.82 Å². The van der Waals surface area contributed by atoms with E-state index in [-0.39, 0.29) is 24.1 Å². The molecular formula is C30H26FNO3.